The monoisotopic (exact) mass is 325 g/mol. The SMILES string of the molecule is Cc1nc(CN(C)S(=O)(=O)c2cc(C)c(C)c(N)c2)cs1. The molecule has 0 bridgehead atoms. The second-order valence-corrected chi connectivity index (χ2v) is 8.18. The molecule has 1 aromatic carbocycles. The van der Waals surface area contributed by atoms with Gasteiger partial charge in [0, 0.05) is 18.1 Å². The summed E-state index contributed by atoms with van der Waals surface area (Å²) in [5.41, 5.74) is 8.90. The lowest BCUT2D eigenvalue weighted by Gasteiger charge is -2.17. The van der Waals surface area contributed by atoms with Gasteiger partial charge in [0.2, 0.25) is 10.0 Å². The Labute approximate surface area is 129 Å². The van der Waals surface area contributed by atoms with E-state index in [0.717, 1.165) is 21.8 Å². The zero-order valence-electron chi connectivity index (χ0n) is 12.5. The third kappa shape index (κ3) is 3.25. The molecule has 0 saturated heterocycles. The van der Waals surface area contributed by atoms with Crippen LogP contribution in [-0.2, 0) is 16.6 Å². The summed E-state index contributed by atoms with van der Waals surface area (Å²) in [7, 11) is -2.02. The predicted octanol–water partition coefficient (Wildman–Crippen LogP) is 2.47. The van der Waals surface area contributed by atoms with E-state index in [1.54, 1.807) is 13.1 Å². The minimum absolute atomic E-state index is 0.220. The molecule has 5 nitrogen and oxygen atoms in total. The molecule has 114 valence electrons. The van der Waals surface area contributed by atoms with Crippen LogP contribution in [0.3, 0.4) is 0 Å². The van der Waals surface area contributed by atoms with Crippen molar-refractivity contribution >= 4 is 27.0 Å². The number of nitrogen functional groups attached to an aromatic ring is 1. The van der Waals surface area contributed by atoms with E-state index < -0.39 is 10.0 Å². The van der Waals surface area contributed by atoms with Gasteiger partial charge in [0.05, 0.1) is 22.1 Å². The van der Waals surface area contributed by atoms with Crippen LogP contribution in [-0.4, -0.2) is 24.8 Å². The number of hydrogen-bond donors (Lipinski definition) is 1. The van der Waals surface area contributed by atoms with Crippen molar-refractivity contribution in [1.29, 1.82) is 0 Å². The fourth-order valence-corrected chi connectivity index (χ4v) is 3.84. The van der Waals surface area contributed by atoms with Crippen molar-refractivity contribution in [2.75, 3.05) is 12.8 Å². The van der Waals surface area contributed by atoms with Crippen molar-refractivity contribution < 1.29 is 8.42 Å². The van der Waals surface area contributed by atoms with E-state index in [4.69, 9.17) is 5.73 Å². The fraction of sp³-hybridized carbons (Fsp3) is 0.357. The number of aryl methyl sites for hydroxylation is 2. The minimum atomic E-state index is -3.57. The van der Waals surface area contributed by atoms with E-state index in [2.05, 4.69) is 4.98 Å². The number of benzene rings is 1. The van der Waals surface area contributed by atoms with Crippen LogP contribution in [0.2, 0.25) is 0 Å². The molecular formula is C14H19N3O2S2. The standard InChI is InChI=1S/C14H19N3O2S2/c1-9-5-13(6-14(15)10(9)2)21(18,19)17(4)7-12-8-20-11(3)16-12/h5-6,8H,7,15H2,1-4H3. The highest BCUT2D eigenvalue weighted by Gasteiger charge is 2.23. The van der Waals surface area contributed by atoms with Gasteiger partial charge in [-0.25, -0.2) is 13.4 Å². The molecule has 0 fully saturated rings. The summed E-state index contributed by atoms with van der Waals surface area (Å²) in [6.07, 6.45) is 0. The van der Waals surface area contributed by atoms with Gasteiger partial charge in [0.1, 0.15) is 0 Å². The fourth-order valence-electron chi connectivity index (χ4n) is 1.98. The molecule has 0 amide bonds. The van der Waals surface area contributed by atoms with Gasteiger partial charge < -0.3 is 5.73 Å². The van der Waals surface area contributed by atoms with Crippen LogP contribution in [0.15, 0.2) is 22.4 Å². The second kappa shape index (κ2) is 5.75. The Morgan fingerprint density at radius 1 is 1.29 bits per heavy atom. The molecule has 21 heavy (non-hydrogen) atoms. The molecule has 1 aromatic heterocycles. The summed E-state index contributed by atoms with van der Waals surface area (Å²) < 4.78 is 26.5. The quantitative estimate of drug-likeness (QED) is 0.876. The number of thiazole rings is 1. The third-order valence-corrected chi connectivity index (χ3v) is 6.04. The maximum absolute atomic E-state index is 12.6. The molecule has 0 spiro atoms. The number of rotatable bonds is 4. The van der Waals surface area contributed by atoms with Gasteiger partial charge in [0.15, 0.2) is 0 Å². The largest absolute Gasteiger partial charge is 0.398 e. The highest BCUT2D eigenvalue weighted by molar-refractivity contribution is 7.89. The van der Waals surface area contributed by atoms with Crippen molar-refractivity contribution in [2.45, 2.75) is 32.2 Å². The van der Waals surface area contributed by atoms with Gasteiger partial charge in [-0.05, 0) is 44.0 Å². The second-order valence-electron chi connectivity index (χ2n) is 5.07. The normalized spacial score (nSPS) is 12.0. The van der Waals surface area contributed by atoms with Crippen LogP contribution >= 0.6 is 11.3 Å². The summed E-state index contributed by atoms with van der Waals surface area (Å²) in [4.78, 5) is 4.51. The van der Waals surface area contributed by atoms with E-state index >= 15 is 0 Å². The average molecular weight is 325 g/mol. The van der Waals surface area contributed by atoms with Gasteiger partial charge in [-0.1, -0.05) is 0 Å². The summed E-state index contributed by atoms with van der Waals surface area (Å²) in [5, 5.41) is 2.79. The molecule has 0 radical (unpaired) electrons. The highest BCUT2D eigenvalue weighted by Crippen LogP contribution is 2.24. The summed E-state index contributed by atoms with van der Waals surface area (Å²) in [5.74, 6) is 0. The lowest BCUT2D eigenvalue weighted by atomic mass is 10.1. The first-order valence-corrected chi connectivity index (χ1v) is 8.78. The zero-order chi connectivity index (χ0) is 15.8. The van der Waals surface area contributed by atoms with Gasteiger partial charge in [-0.3, -0.25) is 0 Å². The predicted molar refractivity (Wildman–Crippen MR) is 85.8 cm³/mol. The molecule has 0 aliphatic carbocycles. The Balaban J connectivity index is 2.33. The number of anilines is 1. The number of sulfonamides is 1. The van der Waals surface area contributed by atoms with Crippen molar-refractivity contribution in [1.82, 2.24) is 9.29 Å². The first kappa shape index (κ1) is 15.9. The van der Waals surface area contributed by atoms with Gasteiger partial charge in [-0.2, -0.15) is 4.31 Å². The summed E-state index contributed by atoms with van der Waals surface area (Å²) in [6, 6.07) is 3.17. The Bertz CT molecular complexity index is 743. The molecule has 0 unspecified atom stereocenters. The molecular weight excluding hydrogens is 306 g/mol. The molecule has 0 atom stereocenters. The molecule has 2 aromatic rings. The van der Waals surface area contributed by atoms with E-state index in [0.29, 0.717) is 5.69 Å². The van der Waals surface area contributed by atoms with Crippen LogP contribution in [0.1, 0.15) is 21.8 Å². The third-order valence-electron chi connectivity index (χ3n) is 3.44. The Morgan fingerprint density at radius 2 is 1.95 bits per heavy atom. The van der Waals surface area contributed by atoms with Crippen LogP contribution in [0.4, 0.5) is 5.69 Å². The molecule has 0 aliphatic heterocycles. The van der Waals surface area contributed by atoms with Crippen molar-refractivity contribution in [3.8, 4) is 0 Å². The summed E-state index contributed by atoms with van der Waals surface area (Å²) in [6.45, 7) is 5.88. The average Bonchev–Trinajstić information content (AvgIpc) is 2.80. The van der Waals surface area contributed by atoms with Crippen molar-refractivity contribution in [2.24, 2.45) is 0 Å². The minimum Gasteiger partial charge on any atom is -0.398 e. The molecule has 1 heterocycles. The van der Waals surface area contributed by atoms with Gasteiger partial charge >= 0.3 is 0 Å². The first-order chi connectivity index (χ1) is 9.71. The lowest BCUT2D eigenvalue weighted by molar-refractivity contribution is 0.463. The van der Waals surface area contributed by atoms with E-state index in [1.165, 1.54) is 21.7 Å². The number of nitrogens with zero attached hydrogens (tertiary/aromatic N) is 2. The first-order valence-electron chi connectivity index (χ1n) is 6.46. The van der Waals surface area contributed by atoms with Crippen LogP contribution in [0, 0.1) is 20.8 Å². The molecule has 0 aliphatic rings. The van der Waals surface area contributed by atoms with Gasteiger partial charge in [-0.15, -0.1) is 11.3 Å². The summed E-state index contributed by atoms with van der Waals surface area (Å²) >= 11 is 1.51. The van der Waals surface area contributed by atoms with E-state index in [-0.39, 0.29) is 11.4 Å². The van der Waals surface area contributed by atoms with Crippen LogP contribution in [0.25, 0.3) is 0 Å². The highest BCUT2D eigenvalue weighted by atomic mass is 32.2. The Morgan fingerprint density at radius 3 is 2.48 bits per heavy atom. The van der Waals surface area contributed by atoms with Crippen LogP contribution in [0.5, 0.6) is 0 Å². The molecule has 0 saturated carbocycles. The molecule has 2 rings (SSSR count). The Kier molecular flexibility index (Phi) is 4.36. The number of aromatic nitrogens is 1. The van der Waals surface area contributed by atoms with Crippen molar-refractivity contribution in [3.05, 3.63) is 39.3 Å². The topological polar surface area (TPSA) is 76.3 Å². The van der Waals surface area contributed by atoms with Crippen LogP contribution < -0.4 is 5.73 Å². The van der Waals surface area contributed by atoms with E-state index in [9.17, 15) is 8.42 Å². The maximum atomic E-state index is 12.6. The van der Waals surface area contributed by atoms with Crippen molar-refractivity contribution in [3.63, 3.8) is 0 Å². The smallest absolute Gasteiger partial charge is 0.243 e. The molecule has 2 N–H and O–H groups in total. The molecule has 7 heteroatoms. The van der Waals surface area contributed by atoms with Gasteiger partial charge in [0.25, 0.3) is 0 Å². The van der Waals surface area contributed by atoms with E-state index in [1.807, 2.05) is 26.2 Å². The number of hydrogen-bond acceptors (Lipinski definition) is 5. The lowest BCUT2D eigenvalue weighted by Crippen LogP contribution is -2.27. The number of nitrogens with two attached hydrogens (primary N) is 1. The zero-order valence-corrected chi connectivity index (χ0v) is 14.2. The Hall–Kier alpha value is -1.44. The maximum Gasteiger partial charge on any atom is 0.243 e.